The van der Waals surface area contributed by atoms with Crippen molar-refractivity contribution in [3.63, 3.8) is 0 Å². The highest BCUT2D eigenvalue weighted by Gasteiger charge is 2.28. The minimum atomic E-state index is -1.60. The predicted octanol–water partition coefficient (Wildman–Crippen LogP) is 0.667. The molecule has 0 aliphatic carbocycles. The SMILES string of the molecule is NCCCSCc1ccc2c(c1C(O)O)OB(O)CC2. The van der Waals surface area contributed by atoms with Crippen LogP contribution < -0.4 is 10.4 Å². The van der Waals surface area contributed by atoms with Gasteiger partial charge in [-0.2, -0.15) is 11.8 Å². The lowest BCUT2D eigenvalue weighted by molar-refractivity contribution is -0.0441. The zero-order valence-electron chi connectivity index (χ0n) is 11.3. The molecule has 0 radical (unpaired) electrons. The molecule has 0 atom stereocenters. The fourth-order valence-electron chi connectivity index (χ4n) is 2.27. The molecule has 7 heteroatoms. The molecule has 1 heterocycles. The number of aliphatic hydroxyl groups excluding tert-OH is 1. The van der Waals surface area contributed by atoms with Gasteiger partial charge in [0.2, 0.25) is 0 Å². The van der Waals surface area contributed by atoms with Gasteiger partial charge in [-0.25, -0.2) is 0 Å². The quantitative estimate of drug-likeness (QED) is 0.350. The van der Waals surface area contributed by atoms with Gasteiger partial charge in [-0.1, -0.05) is 12.1 Å². The average molecular weight is 297 g/mol. The maximum atomic E-state index is 9.61. The monoisotopic (exact) mass is 297 g/mol. The molecule has 2 rings (SSSR count). The van der Waals surface area contributed by atoms with E-state index in [2.05, 4.69) is 0 Å². The Morgan fingerprint density at radius 3 is 2.90 bits per heavy atom. The van der Waals surface area contributed by atoms with E-state index in [4.69, 9.17) is 10.4 Å². The second-order valence-electron chi connectivity index (χ2n) is 4.81. The number of aryl methyl sites for hydroxylation is 1. The van der Waals surface area contributed by atoms with Crippen molar-refractivity contribution in [2.24, 2.45) is 5.73 Å². The lowest BCUT2D eigenvalue weighted by atomic mass is 9.78. The van der Waals surface area contributed by atoms with Crippen molar-refractivity contribution in [3.8, 4) is 5.75 Å². The molecular formula is C13H20BNO4S. The number of hydrogen-bond donors (Lipinski definition) is 4. The van der Waals surface area contributed by atoms with Gasteiger partial charge in [-0.3, -0.25) is 0 Å². The van der Waals surface area contributed by atoms with Crippen LogP contribution >= 0.6 is 11.8 Å². The molecule has 0 saturated carbocycles. The van der Waals surface area contributed by atoms with Gasteiger partial charge < -0.3 is 25.6 Å². The van der Waals surface area contributed by atoms with Crippen molar-refractivity contribution < 1.29 is 19.9 Å². The van der Waals surface area contributed by atoms with Crippen LogP contribution in [0.5, 0.6) is 5.75 Å². The van der Waals surface area contributed by atoms with Crippen molar-refractivity contribution in [3.05, 3.63) is 28.8 Å². The maximum Gasteiger partial charge on any atom is 0.522 e. The number of aliphatic hydroxyl groups is 2. The van der Waals surface area contributed by atoms with Crippen LogP contribution in [0.2, 0.25) is 6.32 Å². The van der Waals surface area contributed by atoms with Crippen molar-refractivity contribution in [2.75, 3.05) is 12.3 Å². The largest absolute Gasteiger partial charge is 0.536 e. The summed E-state index contributed by atoms with van der Waals surface area (Å²) in [6.07, 6.45) is 0.539. The van der Waals surface area contributed by atoms with Gasteiger partial charge in [0.25, 0.3) is 0 Å². The van der Waals surface area contributed by atoms with Gasteiger partial charge in [0.15, 0.2) is 6.29 Å². The van der Waals surface area contributed by atoms with Crippen molar-refractivity contribution in [1.82, 2.24) is 0 Å². The Labute approximate surface area is 123 Å². The van der Waals surface area contributed by atoms with E-state index in [0.717, 1.165) is 23.3 Å². The molecule has 1 aliphatic heterocycles. The van der Waals surface area contributed by atoms with Crippen LogP contribution in [0.4, 0.5) is 0 Å². The Balaban J connectivity index is 2.21. The topological polar surface area (TPSA) is 95.9 Å². The fourth-order valence-corrected chi connectivity index (χ4v) is 3.26. The second kappa shape index (κ2) is 7.33. The summed E-state index contributed by atoms with van der Waals surface area (Å²) in [6, 6.07) is 3.84. The lowest BCUT2D eigenvalue weighted by Crippen LogP contribution is -2.28. The zero-order valence-corrected chi connectivity index (χ0v) is 12.1. The highest BCUT2D eigenvalue weighted by atomic mass is 32.2. The Hall–Kier alpha value is -0.725. The van der Waals surface area contributed by atoms with Gasteiger partial charge in [0, 0.05) is 5.75 Å². The average Bonchev–Trinajstić information content (AvgIpc) is 2.42. The lowest BCUT2D eigenvalue weighted by Gasteiger charge is -2.25. The normalized spacial score (nSPS) is 14.3. The number of nitrogens with two attached hydrogens (primary N) is 1. The Kier molecular flexibility index (Phi) is 5.74. The standard InChI is InChI=1S/C13H20BNO4S/c15-6-1-7-20-8-10-3-2-9-4-5-14(18)19-12(9)11(10)13(16)17/h2-3,13,16-18H,1,4-8,15H2. The van der Waals surface area contributed by atoms with Crippen molar-refractivity contribution in [2.45, 2.75) is 31.2 Å². The number of rotatable bonds is 6. The first-order chi connectivity index (χ1) is 9.63. The van der Waals surface area contributed by atoms with E-state index in [1.807, 2.05) is 12.1 Å². The van der Waals surface area contributed by atoms with Gasteiger partial charge in [0.05, 0.1) is 5.56 Å². The summed E-state index contributed by atoms with van der Waals surface area (Å²) >= 11 is 1.69. The minimum absolute atomic E-state index is 0.376. The first-order valence-corrected chi connectivity index (χ1v) is 7.92. The number of thioether (sulfide) groups is 1. The molecule has 1 aromatic rings. The molecule has 0 amide bonds. The molecule has 5 nitrogen and oxygen atoms in total. The molecule has 0 unspecified atom stereocenters. The minimum Gasteiger partial charge on any atom is -0.536 e. The molecule has 5 N–H and O–H groups in total. The Morgan fingerprint density at radius 2 is 2.20 bits per heavy atom. The molecule has 1 aromatic carbocycles. The third-order valence-electron chi connectivity index (χ3n) is 3.29. The molecule has 0 fully saturated rings. The summed E-state index contributed by atoms with van der Waals surface area (Å²) < 4.78 is 5.40. The number of benzene rings is 1. The summed E-state index contributed by atoms with van der Waals surface area (Å²) in [7, 11) is -0.875. The first-order valence-electron chi connectivity index (χ1n) is 6.76. The summed E-state index contributed by atoms with van der Waals surface area (Å²) in [4.78, 5) is 0. The van der Waals surface area contributed by atoms with E-state index in [9.17, 15) is 15.2 Å². The molecule has 0 aromatic heterocycles. The van der Waals surface area contributed by atoms with E-state index in [1.165, 1.54) is 0 Å². The van der Waals surface area contributed by atoms with Gasteiger partial charge in [0.1, 0.15) is 5.75 Å². The van der Waals surface area contributed by atoms with E-state index in [-0.39, 0.29) is 0 Å². The van der Waals surface area contributed by atoms with Crippen LogP contribution in [0, 0.1) is 0 Å². The zero-order chi connectivity index (χ0) is 14.5. The Morgan fingerprint density at radius 1 is 1.40 bits per heavy atom. The second-order valence-corrected chi connectivity index (χ2v) is 5.91. The summed E-state index contributed by atoms with van der Waals surface area (Å²) in [5, 5.41) is 28.8. The van der Waals surface area contributed by atoms with Crippen LogP contribution in [0.25, 0.3) is 0 Å². The maximum absolute atomic E-state index is 9.61. The van der Waals surface area contributed by atoms with Gasteiger partial charge in [-0.05, 0) is 42.6 Å². The molecule has 0 spiro atoms. The Bertz CT molecular complexity index is 458. The molecule has 0 saturated heterocycles. The van der Waals surface area contributed by atoms with Crippen molar-refractivity contribution in [1.29, 1.82) is 0 Å². The molecule has 110 valence electrons. The first kappa shape index (κ1) is 15.7. The van der Waals surface area contributed by atoms with Gasteiger partial charge >= 0.3 is 7.12 Å². The molecule has 1 aliphatic rings. The van der Waals surface area contributed by atoms with Gasteiger partial charge in [-0.15, -0.1) is 0 Å². The highest BCUT2D eigenvalue weighted by molar-refractivity contribution is 7.98. The highest BCUT2D eigenvalue weighted by Crippen LogP contribution is 2.37. The van der Waals surface area contributed by atoms with Crippen LogP contribution in [0.1, 0.15) is 29.4 Å². The van der Waals surface area contributed by atoms with E-state index in [1.54, 1.807) is 11.8 Å². The van der Waals surface area contributed by atoms with E-state index < -0.39 is 13.4 Å². The molecule has 0 bridgehead atoms. The number of hydrogen-bond acceptors (Lipinski definition) is 6. The predicted molar refractivity (Wildman–Crippen MR) is 80.6 cm³/mol. The van der Waals surface area contributed by atoms with E-state index in [0.29, 0.717) is 36.4 Å². The summed E-state index contributed by atoms with van der Waals surface area (Å²) in [5.74, 6) is 2.02. The molecular weight excluding hydrogens is 277 g/mol. The van der Waals surface area contributed by atoms with Crippen molar-refractivity contribution >= 4 is 18.9 Å². The van der Waals surface area contributed by atoms with Crippen LogP contribution in [0.3, 0.4) is 0 Å². The summed E-state index contributed by atoms with van der Waals surface area (Å²) in [6.45, 7) is 0.655. The third-order valence-corrected chi connectivity index (χ3v) is 4.38. The molecule has 20 heavy (non-hydrogen) atoms. The fraction of sp³-hybridized carbons (Fsp3) is 0.538. The van der Waals surface area contributed by atoms with E-state index >= 15 is 0 Å². The third kappa shape index (κ3) is 3.68. The summed E-state index contributed by atoms with van der Waals surface area (Å²) in [5.41, 5.74) is 7.57. The van der Waals surface area contributed by atoms with Crippen LogP contribution in [-0.4, -0.2) is 34.7 Å². The van der Waals surface area contributed by atoms with Crippen LogP contribution in [-0.2, 0) is 12.2 Å². The smallest absolute Gasteiger partial charge is 0.522 e. The number of fused-ring (bicyclic) bond motifs is 1. The van der Waals surface area contributed by atoms with Crippen LogP contribution in [0.15, 0.2) is 12.1 Å².